The Labute approximate surface area is 466 Å². The average Bonchev–Trinajstić information content (AvgIpc) is 4.17. The molecule has 0 saturated heterocycles. The average molecular weight is 1080 g/mol. The molecule has 2 atom stereocenters. The van der Waals surface area contributed by atoms with Crippen molar-refractivity contribution in [2.75, 3.05) is 10.6 Å². The SMILES string of the molecule is Cc1cscc1[C@@H](C)OC(=O)Nc1cc(F)sc1-c1ccc(-c2ccc(C3(C(=O)[O-])CC3)cc2)cc1.Cc1cscc1[C@@H](C)OC(=O)Nc1cc(F)sc1-c1ccc(-c2ccc(C3(C(=O)[O-])CC3)cc2)cc1.[Ca+2]. The minimum Gasteiger partial charge on any atom is -0.549 e. The van der Waals surface area contributed by atoms with Gasteiger partial charge in [-0.1, -0.05) is 97.1 Å². The van der Waals surface area contributed by atoms with Gasteiger partial charge in [0.2, 0.25) is 0 Å². The monoisotopic (exact) mass is 1080 g/mol. The number of hydrogen-bond acceptors (Lipinski definition) is 12. The van der Waals surface area contributed by atoms with Crippen LogP contribution in [0.3, 0.4) is 0 Å². The van der Waals surface area contributed by atoms with Gasteiger partial charge in [-0.3, -0.25) is 10.6 Å². The molecule has 0 spiro atoms. The van der Waals surface area contributed by atoms with Crippen LogP contribution in [0.5, 0.6) is 0 Å². The Kier molecular flexibility index (Phi) is 16.4. The molecule has 2 saturated carbocycles. The predicted molar refractivity (Wildman–Crippen MR) is 283 cm³/mol. The van der Waals surface area contributed by atoms with Crippen LogP contribution in [-0.2, 0) is 29.9 Å². The Morgan fingerprint density at radius 2 is 0.822 bits per heavy atom. The summed E-state index contributed by atoms with van der Waals surface area (Å²) in [5.41, 5.74) is 9.86. The van der Waals surface area contributed by atoms with Crippen molar-refractivity contribution in [3.05, 3.63) is 174 Å². The number of amides is 2. The van der Waals surface area contributed by atoms with E-state index in [-0.39, 0.29) is 37.7 Å². The van der Waals surface area contributed by atoms with Crippen LogP contribution in [0.1, 0.15) is 85.1 Å². The van der Waals surface area contributed by atoms with E-state index in [0.717, 1.165) is 89.4 Å². The first-order chi connectivity index (χ1) is 34.5. The smallest absolute Gasteiger partial charge is 0.549 e. The van der Waals surface area contributed by atoms with E-state index < -0.39 is 57.4 Å². The molecule has 17 heteroatoms. The first-order valence-electron chi connectivity index (χ1n) is 23.0. The fourth-order valence-corrected chi connectivity index (χ4v) is 12.3. The molecule has 0 bridgehead atoms. The van der Waals surface area contributed by atoms with Gasteiger partial charge in [0.05, 0.1) is 33.1 Å². The number of carboxylic acids is 2. The van der Waals surface area contributed by atoms with Gasteiger partial charge < -0.3 is 29.3 Å². The maximum Gasteiger partial charge on any atom is 2.00 e. The van der Waals surface area contributed by atoms with Crippen molar-refractivity contribution in [1.82, 2.24) is 0 Å². The first kappa shape index (κ1) is 53.6. The number of hydrogen-bond donors (Lipinski definition) is 2. The second kappa shape index (κ2) is 22.4. The molecule has 4 aromatic heterocycles. The normalized spacial score (nSPS) is 14.5. The van der Waals surface area contributed by atoms with E-state index in [2.05, 4.69) is 10.6 Å². The summed E-state index contributed by atoms with van der Waals surface area (Å²) in [6, 6.07) is 32.7. The van der Waals surface area contributed by atoms with E-state index >= 15 is 0 Å². The third kappa shape index (κ3) is 11.8. The Morgan fingerprint density at radius 1 is 0.521 bits per heavy atom. The number of anilines is 2. The van der Waals surface area contributed by atoms with Crippen molar-refractivity contribution in [1.29, 1.82) is 0 Å². The number of rotatable bonds is 14. The number of aliphatic carboxylic acids is 2. The van der Waals surface area contributed by atoms with E-state index in [0.29, 0.717) is 46.8 Å². The Balaban J connectivity index is 0.000000192. The minimum atomic E-state index is -1.02. The molecule has 368 valence electrons. The first-order valence-corrected chi connectivity index (χ1v) is 26.5. The summed E-state index contributed by atoms with van der Waals surface area (Å²) in [6.07, 6.45) is 0.302. The van der Waals surface area contributed by atoms with E-state index in [1.807, 2.05) is 132 Å². The number of thiophene rings is 4. The predicted octanol–water partition coefficient (Wildman–Crippen LogP) is 13.0. The van der Waals surface area contributed by atoms with Gasteiger partial charge in [0, 0.05) is 34.1 Å². The van der Waals surface area contributed by atoms with Gasteiger partial charge in [0.15, 0.2) is 10.3 Å². The van der Waals surface area contributed by atoms with E-state index in [9.17, 15) is 38.2 Å². The summed E-state index contributed by atoms with van der Waals surface area (Å²) in [7, 11) is 0. The summed E-state index contributed by atoms with van der Waals surface area (Å²) in [4.78, 5) is 49.1. The second-order valence-electron chi connectivity index (χ2n) is 18.0. The van der Waals surface area contributed by atoms with Gasteiger partial charge in [-0.15, -0.1) is 22.7 Å². The Bertz CT molecular complexity index is 3060. The number of carbonyl (C=O) groups excluding carboxylic acids is 4. The minimum absolute atomic E-state index is 0. The summed E-state index contributed by atoms with van der Waals surface area (Å²) < 4.78 is 39.4. The molecule has 2 N–H and O–H groups in total. The molecule has 0 radical (unpaired) electrons. The Hall–Kier alpha value is -5.72. The van der Waals surface area contributed by atoms with E-state index in [1.54, 1.807) is 36.5 Å². The zero-order valence-corrected chi connectivity index (χ0v) is 45.5. The van der Waals surface area contributed by atoms with Gasteiger partial charge >= 0.3 is 49.9 Å². The molecule has 10 rings (SSSR count). The van der Waals surface area contributed by atoms with Gasteiger partial charge in [-0.05, 0) is 131 Å². The molecule has 8 aromatic rings. The Morgan fingerprint density at radius 3 is 1.10 bits per heavy atom. The van der Waals surface area contributed by atoms with Crippen LogP contribution in [0, 0.1) is 24.1 Å². The van der Waals surface area contributed by atoms with Gasteiger partial charge in [-0.2, -0.15) is 31.5 Å². The van der Waals surface area contributed by atoms with Crippen LogP contribution in [0.15, 0.2) is 131 Å². The van der Waals surface area contributed by atoms with Crippen molar-refractivity contribution in [2.24, 2.45) is 0 Å². The number of nitrogens with one attached hydrogen (secondary N) is 2. The van der Waals surface area contributed by atoms with Crippen LogP contribution < -0.4 is 20.8 Å². The van der Waals surface area contributed by atoms with Crippen molar-refractivity contribution in [3.63, 3.8) is 0 Å². The summed E-state index contributed by atoms with van der Waals surface area (Å²) in [5, 5.41) is 35.3. The number of carboxylic acid groups (broad SMARTS) is 2. The molecule has 0 unspecified atom stereocenters. The van der Waals surface area contributed by atoms with Crippen molar-refractivity contribution in [3.8, 4) is 43.1 Å². The zero-order valence-electron chi connectivity index (χ0n) is 40.0. The van der Waals surface area contributed by atoms with Crippen molar-refractivity contribution >= 4 is 119 Å². The number of carbonyl (C=O) groups is 4. The van der Waals surface area contributed by atoms with Crippen LogP contribution in [0.4, 0.5) is 29.7 Å². The third-order valence-corrected chi connectivity index (χ3v) is 16.9. The van der Waals surface area contributed by atoms with Gasteiger partial charge in [0.25, 0.3) is 0 Å². The fourth-order valence-electron chi connectivity index (χ4n) is 8.70. The third-order valence-electron chi connectivity index (χ3n) is 13.2. The topological polar surface area (TPSA) is 157 Å². The quantitative estimate of drug-likeness (QED) is 0.102. The van der Waals surface area contributed by atoms with Gasteiger partial charge in [0.1, 0.15) is 12.2 Å². The van der Waals surface area contributed by atoms with Crippen LogP contribution in [-0.4, -0.2) is 61.9 Å². The number of ether oxygens (including phenoxy) is 2. The molecular formula is C56H46CaF2N2O8S4. The van der Waals surface area contributed by atoms with Crippen LogP contribution in [0.25, 0.3) is 43.1 Å². The maximum absolute atomic E-state index is 14.2. The summed E-state index contributed by atoms with van der Waals surface area (Å²) in [5.74, 6) is -2.04. The summed E-state index contributed by atoms with van der Waals surface area (Å²) >= 11 is 4.99. The molecule has 4 aromatic carbocycles. The molecule has 4 heterocycles. The fraction of sp³-hybridized carbons (Fsp3) is 0.214. The maximum atomic E-state index is 14.2. The molecule has 2 amide bonds. The van der Waals surface area contributed by atoms with Crippen molar-refractivity contribution in [2.45, 2.75) is 76.4 Å². The molecule has 2 aliphatic rings. The molecule has 10 nitrogen and oxygen atoms in total. The molecule has 2 fully saturated rings. The van der Waals surface area contributed by atoms with Crippen molar-refractivity contribution < 1.29 is 47.6 Å². The van der Waals surface area contributed by atoms with E-state index in [4.69, 9.17) is 9.47 Å². The summed E-state index contributed by atoms with van der Waals surface area (Å²) in [6.45, 7) is 7.53. The number of benzene rings is 4. The van der Waals surface area contributed by atoms with Crippen LogP contribution >= 0.6 is 45.3 Å². The number of halogens is 2. The second-order valence-corrected chi connectivity index (χ2v) is 21.5. The van der Waals surface area contributed by atoms with Gasteiger partial charge in [-0.25, -0.2) is 9.59 Å². The zero-order chi connectivity index (χ0) is 50.9. The van der Waals surface area contributed by atoms with E-state index in [1.165, 1.54) is 12.1 Å². The molecule has 0 aliphatic heterocycles. The standard InChI is InChI=1S/2C28H24FNO4S2.Ca/c2*1-16-14-35-15-22(16)17(2)34-27(33)30-23-13-24(29)36-25(23)20-5-3-18(4-6-20)19-7-9-21(10-8-19)28(11-12-28)26(31)32;/h2*3-10,13-15,17H,11-12H2,1-2H3,(H,30,33)(H,31,32);/q;;+2/p-2/t2*17-;/m11./s1. The number of aryl methyl sites for hydroxylation is 2. The largest absolute Gasteiger partial charge is 2.00 e. The molecule has 73 heavy (non-hydrogen) atoms. The molecule has 2 aliphatic carbocycles. The molecular weight excluding hydrogens is 1030 g/mol. The van der Waals surface area contributed by atoms with Crippen LogP contribution in [0.2, 0.25) is 0 Å².